The summed E-state index contributed by atoms with van der Waals surface area (Å²) in [6.45, 7) is 6.47. The van der Waals surface area contributed by atoms with Gasteiger partial charge >= 0.3 is 0 Å². The van der Waals surface area contributed by atoms with Crippen LogP contribution in [0.15, 0.2) is 43.0 Å². The van der Waals surface area contributed by atoms with Crippen LogP contribution in [0, 0.1) is 5.92 Å². The lowest BCUT2D eigenvalue weighted by Gasteiger charge is -2.23. The summed E-state index contributed by atoms with van der Waals surface area (Å²) in [6, 6.07) is 9.93. The quantitative estimate of drug-likeness (QED) is 0.532. The number of hydrogen-bond acceptors (Lipinski definition) is 3. The zero-order valence-electron chi connectivity index (χ0n) is 11.5. The molecule has 1 aromatic rings. The Hall–Kier alpha value is -1.16. The summed E-state index contributed by atoms with van der Waals surface area (Å²) in [4.78, 5) is 0. The molecule has 0 aliphatic carbocycles. The molecule has 0 aromatic heterocycles. The van der Waals surface area contributed by atoms with Gasteiger partial charge in [-0.25, -0.2) is 0 Å². The Morgan fingerprint density at radius 2 is 1.89 bits per heavy atom. The zero-order chi connectivity index (χ0) is 14.1. The third kappa shape index (κ3) is 6.01. The summed E-state index contributed by atoms with van der Waals surface area (Å²) in [5.74, 6) is -0.168. The predicted molar refractivity (Wildman–Crippen MR) is 76.7 cm³/mol. The minimum atomic E-state index is -0.550. The van der Waals surface area contributed by atoms with Gasteiger partial charge < -0.3 is 14.9 Å². The molecule has 3 nitrogen and oxygen atoms in total. The Morgan fingerprint density at radius 1 is 1.21 bits per heavy atom. The van der Waals surface area contributed by atoms with Crippen molar-refractivity contribution in [3.63, 3.8) is 0 Å². The van der Waals surface area contributed by atoms with Crippen molar-refractivity contribution < 1.29 is 14.9 Å². The molecule has 0 amide bonds. The average molecular weight is 264 g/mol. The van der Waals surface area contributed by atoms with E-state index in [1.807, 2.05) is 37.3 Å². The molecule has 19 heavy (non-hydrogen) atoms. The second-order valence-electron chi connectivity index (χ2n) is 4.85. The maximum absolute atomic E-state index is 9.94. The molecule has 0 heterocycles. The summed E-state index contributed by atoms with van der Waals surface area (Å²) in [5, 5.41) is 19.7. The van der Waals surface area contributed by atoms with Gasteiger partial charge in [-0.1, -0.05) is 43.3 Å². The van der Waals surface area contributed by atoms with Crippen molar-refractivity contribution in [3.8, 4) is 0 Å². The van der Waals surface area contributed by atoms with Gasteiger partial charge in [0.25, 0.3) is 0 Å². The van der Waals surface area contributed by atoms with Gasteiger partial charge in [0.2, 0.25) is 0 Å². The highest BCUT2D eigenvalue weighted by atomic mass is 16.5. The van der Waals surface area contributed by atoms with E-state index >= 15 is 0 Å². The van der Waals surface area contributed by atoms with Crippen LogP contribution in [0.1, 0.15) is 25.3 Å². The minimum absolute atomic E-state index is 0.168. The normalized spacial score (nSPS) is 15.7. The van der Waals surface area contributed by atoms with Gasteiger partial charge in [0.1, 0.15) is 0 Å². The SMILES string of the molecule is C=CC[C@@H](O)C(C)[C@@H](O)CCOCc1ccccc1. The van der Waals surface area contributed by atoms with Gasteiger partial charge in [-0.15, -0.1) is 6.58 Å². The number of hydrogen-bond donors (Lipinski definition) is 2. The molecular weight excluding hydrogens is 240 g/mol. The minimum Gasteiger partial charge on any atom is -0.393 e. The van der Waals surface area contributed by atoms with Gasteiger partial charge in [0, 0.05) is 12.5 Å². The van der Waals surface area contributed by atoms with Crippen LogP contribution < -0.4 is 0 Å². The summed E-state index contributed by atoms with van der Waals surface area (Å²) >= 11 is 0. The zero-order valence-corrected chi connectivity index (χ0v) is 11.5. The van der Waals surface area contributed by atoms with Crippen molar-refractivity contribution in [2.75, 3.05) is 6.61 Å². The van der Waals surface area contributed by atoms with Gasteiger partial charge in [-0.3, -0.25) is 0 Å². The lowest BCUT2D eigenvalue weighted by atomic mass is 9.94. The summed E-state index contributed by atoms with van der Waals surface area (Å²) in [7, 11) is 0. The third-order valence-corrected chi connectivity index (χ3v) is 3.29. The predicted octanol–water partition coefficient (Wildman–Crippen LogP) is 2.53. The second-order valence-corrected chi connectivity index (χ2v) is 4.85. The van der Waals surface area contributed by atoms with Crippen molar-refractivity contribution in [2.45, 2.75) is 38.6 Å². The molecule has 1 rings (SSSR count). The topological polar surface area (TPSA) is 49.7 Å². The first-order chi connectivity index (χ1) is 9.15. The first-order valence-electron chi connectivity index (χ1n) is 6.73. The van der Waals surface area contributed by atoms with Crippen molar-refractivity contribution in [2.24, 2.45) is 5.92 Å². The van der Waals surface area contributed by atoms with E-state index in [1.54, 1.807) is 6.08 Å². The summed E-state index contributed by atoms with van der Waals surface area (Å²) < 4.78 is 5.52. The maximum Gasteiger partial charge on any atom is 0.0716 e. The van der Waals surface area contributed by atoms with Gasteiger partial charge in [-0.05, 0) is 18.4 Å². The fourth-order valence-corrected chi connectivity index (χ4v) is 1.87. The molecule has 0 aliphatic heterocycles. The average Bonchev–Trinajstić information content (AvgIpc) is 2.44. The molecule has 3 heteroatoms. The van der Waals surface area contributed by atoms with Crippen LogP contribution in [-0.4, -0.2) is 29.0 Å². The third-order valence-electron chi connectivity index (χ3n) is 3.29. The largest absolute Gasteiger partial charge is 0.393 e. The van der Waals surface area contributed by atoms with Crippen LogP contribution >= 0.6 is 0 Å². The van der Waals surface area contributed by atoms with E-state index in [2.05, 4.69) is 6.58 Å². The molecule has 1 aromatic carbocycles. The van der Waals surface area contributed by atoms with E-state index in [-0.39, 0.29) is 5.92 Å². The highest BCUT2D eigenvalue weighted by Gasteiger charge is 2.21. The Morgan fingerprint density at radius 3 is 2.53 bits per heavy atom. The Labute approximate surface area is 115 Å². The molecule has 0 fully saturated rings. The number of aliphatic hydroxyl groups is 2. The standard InChI is InChI=1S/C16H24O3/c1-3-7-15(17)13(2)16(18)10-11-19-12-14-8-5-4-6-9-14/h3-6,8-9,13,15-18H,1,7,10-12H2,2H3/t13?,15-,16+/m1/s1. The molecule has 3 atom stereocenters. The highest BCUT2D eigenvalue weighted by molar-refractivity contribution is 5.13. The fraction of sp³-hybridized carbons (Fsp3) is 0.500. The van der Waals surface area contributed by atoms with Gasteiger partial charge in [0.05, 0.1) is 18.8 Å². The monoisotopic (exact) mass is 264 g/mol. The number of benzene rings is 1. The first kappa shape index (κ1) is 15.9. The Balaban J connectivity index is 2.19. The maximum atomic E-state index is 9.94. The molecule has 2 N–H and O–H groups in total. The molecule has 0 saturated heterocycles. The van der Waals surface area contributed by atoms with Gasteiger partial charge in [0.15, 0.2) is 0 Å². The van der Waals surface area contributed by atoms with Gasteiger partial charge in [-0.2, -0.15) is 0 Å². The number of aliphatic hydroxyl groups excluding tert-OH is 2. The molecule has 0 spiro atoms. The molecule has 0 bridgehead atoms. The summed E-state index contributed by atoms with van der Waals surface area (Å²) in [5.41, 5.74) is 1.12. The van der Waals surface area contributed by atoms with Crippen LogP contribution in [0.3, 0.4) is 0 Å². The first-order valence-corrected chi connectivity index (χ1v) is 6.73. The van der Waals surface area contributed by atoms with Crippen LogP contribution in [0.25, 0.3) is 0 Å². The fourth-order valence-electron chi connectivity index (χ4n) is 1.87. The van der Waals surface area contributed by atoms with Crippen LogP contribution in [0.5, 0.6) is 0 Å². The van der Waals surface area contributed by atoms with E-state index in [9.17, 15) is 10.2 Å². The van der Waals surface area contributed by atoms with Crippen molar-refractivity contribution >= 4 is 0 Å². The van der Waals surface area contributed by atoms with Crippen LogP contribution in [0.2, 0.25) is 0 Å². The van der Waals surface area contributed by atoms with E-state index in [0.717, 1.165) is 5.56 Å². The summed E-state index contributed by atoms with van der Waals surface area (Å²) in [6.07, 6.45) is 1.61. The molecule has 0 radical (unpaired) electrons. The number of ether oxygens (including phenoxy) is 1. The molecule has 0 saturated carbocycles. The van der Waals surface area contributed by atoms with Crippen molar-refractivity contribution in [3.05, 3.63) is 48.6 Å². The van der Waals surface area contributed by atoms with E-state index < -0.39 is 12.2 Å². The molecule has 106 valence electrons. The smallest absolute Gasteiger partial charge is 0.0716 e. The lowest BCUT2D eigenvalue weighted by molar-refractivity contribution is -0.000186. The van der Waals surface area contributed by atoms with E-state index in [1.165, 1.54) is 0 Å². The van der Waals surface area contributed by atoms with Crippen molar-refractivity contribution in [1.82, 2.24) is 0 Å². The molecule has 1 unspecified atom stereocenters. The van der Waals surface area contributed by atoms with Crippen molar-refractivity contribution in [1.29, 1.82) is 0 Å². The Kier molecular flexibility index (Phi) is 7.41. The molecule has 0 aliphatic rings. The molecular formula is C16H24O3. The van der Waals surface area contributed by atoms with Crippen LogP contribution in [0.4, 0.5) is 0 Å². The van der Waals surface area contributed by atoms with E-state index in [4.69, 9.17) is 4.74 Å². The number of rotatable bonds is 9. The van der Waals surface area contributed by atoms with Crippen LogP contribution in [-0.2, 0) is 11.3 Å². The second kappa shape index (κ2) is 8.86. The highest BCUT2D eigenvalue weighted by Crippen LogP contribution is 2.15. The van der Waals surface area contributed by atoms with E-state index in [0.29, 0.717) is 26.1 Å². The lowest BCUT2D eigenvalue weighted by Crippen LogP contribution is -2.30. The Bertz CT molecular complexity index is 350.